The van der Waals surface area contributed by atoms with E-state index in [1.54, 1.807) is 18.2 Å². The molecule has 0 atom stereocenters. The molecule has 0 fully saturated rings. The highest BCUT2D eigenvalue weighted by Gasteiger charge is 2.13. The molecule has 0 amide bonds. The maximum Gasteiger partial charge on any atom is 0.417 e. The van der Waals surface area contributed by atoms with E-state index >= 15 is 0 Å². The number of benzene rings is 2. The van der Waals surface area contributed by atoms with Crippen LogP contribution in [0.2, 0.25) is 5.02 Å². The number of hydrogen-bond acceptors (Lipinski definition) is 4. The molecule has 0 spiro atoms. The fraction of sp³-hybridized carbons (Fsp3) is 0.0714. The summed E-state index contributed by atoms with van der Waals surface area (Å²) >= 11 is 5.74. The SMILES string of the molecule is O=c1[nH]c2cc(CNS(=O)(=O)c3ccc(Cl)cc3)ccc2o1. The number of fused-ring (bicyclic) bond motifs is 1. The maximum absolute atomic E-state index is 12.2. The van der Waals surface area contributed by atoms with Gasteiger partial charge in [-0.1, -0.05) is 17.7 Å². The smallest absolute Gasteiger partial charge is 0.408 e. The zero-order chi connectivity index (χ0) is 15.7. The van der Waals surface area contributed by atoms with Crippen molar-refractivity contribution in [3.05, 3.63) is 63.6 Å². The highest BCUT2D eigenvalue weighted by molar-refractivity contribution is 7.89. The Bertz CT molecular complexity index is 974. The molecule has 3 rings (SSSR count). The number of H-pyrrole nitrogens is 1. The molecular formula is C14H11ClN2O4S. The number of hydrogen-bond donors (Lipinski definition) is 2. The number of aromatic nitrogens is 1. The fourth-order valence-electron chi connectivity index (χ4n) is 1.98. The number of aromatic amines is 1. The highest BCUT2D eigenvalue weighted by atomic mass is 35.5. The summed E-state index contributed by atoms with van der Waals surface area (Å²) < 4.78 is 31.7. The van der Waals surface area contributed by atoms with Gasteiger partial charge < -0.3 is 4.42 Å². The van der Waals surface area contributed by atoms with Crippen LogP contribution in [0, 0.1) is 0 Å². The molecule has 2 aromatic carbocycles. The molecule has 3 aromatic rings. The van der Waals surface area contributed by atoms with Crippen LogP contribution < -0.4 is 10.5 Å². The molecule has 6 nitrogen and oxygen atoms in total. The van der Waals surface area contributed by atoms with Crippen molar-refractivity contribution < 1.29 is 12.8 Å². The molecule has 1 aromatic heterocycles. The van der Waals surface area contributed by atoms with E-state index in [0.29, 0.717) is 21.7 Å². The number of sulfonamides is 1. The molecule has 2 N–H and O–H groups in total. The van der Waals surface area contributed by atoms with E-state index in [0.717, 1.165) is 0 Å². The predicted octanol–water partition coefficient (Wildman–Crippen LogP) is 2.25. The highest BCUT2D eigenvalue weighted by Crippen LogP contribution is 2.15. The van der Waals surface area contributed by atoms with E-state index < -0.39 is 15.8 Å². The summed E-state index contributed by atoms with van der Waals surface area (Å²) in [6.45, 7) is 0.0914. The van der Waals surface area contributed by atoms with Crippen molar-refractivity contribution in [2.24, 2.45) is 0 Å². The van der Waals surface area contributed by atoms with Gasteiger partial charge in [0.2, 0.25) is 10.0 Å². The zero-order valence-electron chi connectivity index (χ0n) is 11.2. The van der Waals surface area contributed by atoms with Crippen LogP contribution in [-0.2, 0) is 16.6 Å². The van der Waals surface area contributed by atoms with Gasteiger partial charge in [0, 0.05) is 11.6 Å². The van der Waals surface area contributed by atoms with Crippen molar-refractivity contribution in [1.29, 1.82) is 0 Å². The van der Waals surface area contributed by atoms with E-state index in [1.165, 1.54) is 24.3 Å². The van der Waals surface area contributed by atoms with Gasteiger partial charge in [0.15, 0.2) is 5.58 Å². The van der Waals surface area contributed by atoms with Gasteiger partial charge in [-0.25, -0.2) is 17.9 Å². The molecule has 0 aliphatic rings. The summed E-state index contributed by atoms with van der Waals surface area (Å²) in [5, 5.41) is 0.466. The summed E-state index contributed by atoms with van der Waals surface area (Å²) in [6, 6.07) is 10.8. The summed E-state index contributed by atoms with van der Waals surface area (Å²) in [7, 11) is -3.63. The second-order valence-electron chi connectivity index (χ2n) is 4.62. The third-order valence-electron chi connectivity index (χ3n) is 3.07. The molecule has 114 valence electrons. The van der Waals surface area contributed by atoms with Gasteiger partial charge >= 0.3 is 5.76 Å². The lowest BCUT2D eigenvalue weighted by molar-refractivity contribution is 0.555. The first-order valence-corrected chi connectivity index (χ1v) is 8.17. The first kappa shape index (κ1) is 14.8. The lowest BCUT2D eigenvalue weighted by atomic mass is 10.2. The van der Waals surface area contributed by atoms with E-state index in [-0.39, 0.29) is 11.4 Å². The Hall–Kier alpha value is -2.09. The Morgan fingerprint density at radius 3 is 2.59 bits per heavy atom. The minimum atomic E-state index is -3.63. The van der Waals surface area contributed by atoms with Crippen LogP contribution in [0.4, 0.5) is 0 Å². The summed E-state index contributed by atoms with van der Waals surface area (Å²) in [4.78, 5) is 13.7. The second kappa shape index (κ2) is 5.60. The Kier molecular flexibility index (Phi) is 3.78. The van der Waals surface area contributed by atoms with Gasteiger partial charge in [-0.15, -0.1) is 0 Å². The minimum Gasteiger partial charge on any atom is -0.408 e. The Morgan fingerprint density at radius 2 is 1.86 bits per heavy atom. The molecule has 0 bridgehead atoms. The minimum absolute atomic E-state index is 0.0914. The third kappa shape index (κ3) is 3.06. The largest absolute Gasteiger partial charge is 0.417 e. The lowest BCUT2D eigenvalue weighted by Gasteiger charge is -2.07. The van der Waals surface area contributed by atoms with Crippen molar-refractivity contribution in [3.8, 4) is 0 Å². The Labute approximate surface area is 130 Å². The van der Waals surface area contributed by atoms with Crippen LogP contribution in [0.1, 0.15) is 5.56 Å². The quantitative estimate of drug-likeness (QED) is 0.763. The van der Waals surface area contributed by atoms with Crippen molar-refractivity contribution in [2.45, 2.75) is 11.4 Å². The summed E-state index contributed by atoms with van der Waals surface area (Å²) in [5.41, 5.74) is 1.64. The van der Waals surface area contributed by atoms with Crippen molar-refractivity contribution >= 4 is 32.7 Å². The van der Waals surface area contributed by atoms with Gasteiger partial charge in [-0.3, -0.25) is 4.98 Å². The van der Waals surface area contributed by atoms with Crippen LogP contribution in [0.5, 0.6) is 0 Å². The average molecular weight is 339 g/mol. The molecule has 0 saturated heterocycles. The Morgan fingerprint density at radius 1 is 1.14 bits per heavy atom. The van der Waals surface area contributed by atoms with Crippen molar-refractivity contribution in [2.75, 3.05) is 0 Å². The number of halogens is 1. The number of nitrogens with one attached hydrogen (secondary N) is 2. The molecule has 0 aliphatic carbocycles. The van der Waals surface area contributed by atoms with E-state index in [4.69, 9.17) is 16.0 Å². The second-order valence-corrected chi connectivity index (χ2v) is 6.83. The molecule has 22 heavy (non-hydrogen) atoms. The summed E-state index contributed by atoms with van der Waals surface area (Å²) in [6.07, 6.45) is 0. The van der Waals surface area contributed by atoms with E-state index in [2.05, 4.69) is 9.71 Å². The predicted molar refractivity (Wildman–Crippen MR) is 82.3 cm³/mol. The first-order chi connectivity index (χ1) is 10.4. The van der Waals surface area contributed by atoms with Gasteiger partial charge in [-0.05, 0) is 42.0 Å². The molecule has 1 heterocycles. The monoisotopic (exact) mass is 338 g/mol. The molecule has 0 unspecified atom stereocenters. The van der Waals surface area contributed by atoms with Crippen molar-refractivity contribution in [1.82, 2.24) is 9.71 Å². The molecule has 8 heteroatoms. The van der Waals surface area contributed by atoms with E-state index in [1.807, 2.05) is 0 Å². The standard InChI is InChI=1S/C14H11ClN2O4S/c15-10-2-4-11(5-3-10)22(19,20)16-8-9-1-6-13-12(7-9)17-14(18)21-13/h1-7,16H,8H2,(H,17,18). The molecule has 0 radical (unpaired) electrons. The van der Waals surface area contributed by atoms with Crippen molar-refractivity contribution in [3.63, 3.8) is 0 Å². The van der Waals surface area contributed by atoms with E-state index in [9.17, 15) is 13.2 Å². The van der Waals surface area contributed by atoms with Crippen LogP contribution in [0.15, 0.2) is 56.6 Å². The normalized spacial score (nSPS) is 11.9. The molecule has 0 aliphatic heterocycles. The fourth-order valence-corrected chi connectivity index (χ4v) is 3.13. The van der Waals surface area contributed by atoms with Crippen LogP contribution in [-0.4, -0.2) is 13.4 Å². The topological polar surface area (TPSA) is 92.2 Å². The van der Waals surface area contributed by atoms with Crippen LogP contribution in [0.25, 0.3) is 11.1 Å². The van der Waals surface area contributed by atoms with Crippen LogP contribution >= 0.6 is 11.6 Å². The number of oxazole rings is 1. The van der Waals surface area contributed by atoms with Crippen LogP contribution in [0.3, 0.4) is 0 Å². The Balaban J connectivity index is 1.80. The molecule has 0 saturated carbocycles. The lowest BCUT2D eigenvalue weighted by Crippen LogP contribution is -2.23. The third-order valence-corrected chi connectivity index (χ3v) is 4.74. The first-order valence-electron chi connectivity index (χ1n) is 6.31. The van der Waals surface area contributed by atoms with Gasteiger partial charge in [0.1, 0.15) is 0 Å². The maximum atomic E-state index is 12.2. The summed E-state index contributed by atoms with van der Waals surface area (Å²) in [5.74, 6) is -0.547. The number of rotatable bonds is 4. The van der Waals surface area contributed by atoms with Gasteiger partial charge in [-0.2, -0.15) is 0 Å². The average Bonchev–Trinajstić information content (AvgIpc) is 2.85. The van der Waals surface area contributed by atoms with Gasteiger partial charge in [0.25, 0.3) is 0 Å². The molecular weight excluding hydrogens is 328 g/mol. The van der Waals surface area contributed by atoms with Gasteiger partial charge in [0.05, 0.1) is 10.4 Å². The zero-order valence-corrected chi connectivity index (χ0v) is 12.7.